The van der Waals surface area contributed by atoms with E-state index in [4.69, 9.17) is 18.9 Å². The fraction of sp³-hybridized carbons (Fsp3) is 0.235. The van der Waals surface area contributed by atoms with Crippen LogP contribution >= 0.6 is 11.8 Å². The van der Waals surface area contributed by atoms with Crippen molar-refractivity contribution in [2.24, 2.45) is 4.99 Å². The highest BCUT2D eigenvalue weighted by Gasteiger charge is 2.33. The van der Waals surface area contributed by atoms with Gasteiger partial charge in [-0.15, -0.1) is 0 Å². The third-order valence-corrected chi connectivity index (χ3v) is 7.74. The number of ether oxygens (including phenoxy) is 4. The number of benzene rings is 3. The zero-order valence-electron chi connectivity index (χ0n) is 24.4. The molecule has 2 heterocycles. The van der Waals surface area contributed by atoms with Crippen molar-refractivity contribution in [2.75, 3.05) is 26.9 Å². The number of carbonyl (C=O) groups is 1. The first-order chi connectivity index (χ1) is 21.0. The Morgan fingerprint density at radius 2 is 1.70 bits per heavy atom. The molecular formula is C34H34N2O6S. The van der Waals surface area contributed by atoms with Crippen LogP contribution in [0.15, 0.2) is 100 Å². The number of rotatable bonds is 12. The van der Waals surface area contributed by atoms with Crippen LogP contribution in [0.5, 0.6) is 17.2 Å². The molecular weight excluding hydrogens is 564 g/mol. The molecule has 0 saturated carbocycles. The number of aryl methyl sites for hydroxylation is 1. The zero-order chi connectivity index (χ0) is 30.2. The lowest BCUT2D eigenvalue weighted by atomic mass is 10.1. The highest BCUT2D eigenvalue weighted by molar-refractivity contribution is 8.18. The number of carbonyl (C=O) groups excluding carboxylic acids is 1. The van der Waals surface area contributed by atoms with Crippen molar-refractivity contribution in [3.63, 3.8) is 0 Å². The Morgan fingerprint density at radius 1 is 0.953 bits per heavy atom. The van der Waals surface area contributed by atoms with Gasteiger partial charge in [0.05, 0.1) is 37.5 Å². The molecule has 0 amide bonds. The van der Waals surface area contributed by atoms with Gasteiger partial charge in [-0.1, -0.05) is 42.1 Å². The smallest absolute Gasteiger partial charge is 0.344 e. The van der Waals surface area contributed by atoms with Crippen molar-refractivity contribution in [2.45, 2.75) is 26.8 Å². The van der Waals surface area contributed by atoms with Gasteiger partial charge in [-0.25, -0.2) is 9.79 Å². The van der Waals surface area contributed by atoms with Crippen molar-refractivity contribution in [1.82, 2.24) is 4.57 Å². The SMILES string of the molecule is CCOC(=O)C1=C(O)/C(=C/c2cn(CCCOc3ccccc3OC)c3ccccc23)SC1=Nc1ccc(OCC)cc1. The predicted molar refractivity (Wildman–Crippen MR) is 172 cm³/mol. The lowest BCUT2D eigenvalue weighted by molar-refractivity contribution is -0.138. The third kappa shape index (κ3) is 6.89. The molecule has 3 aromatic carbocycles. The van der Waals surface area contributed by atoms with Gasteiger partial charge in [-0.05, 0) is 68.8 Å². The standard InChI is InChI=1S/C34H34N2O6S/c1-4-40-25-17-15-24(16-18-25)35-33-31(34(38)41-5-2)32(37)30(43-33)21-23-22-36(27-12-7-6-11-26(23)27)19-10-20-42-29-14-9-8-13-28(29)39-3/h6-9,11-18,21-22,37H,4-5,10,19-20H2,1-3H3/b30-21-,35-33?. The summed E-state index contributed by atoms with van der Waals surface area (Å²) >= 11 is 1.24. The average Bonchev–Trinajstić information content (AvgIpc) is 3.53. The first-order valence-electron chi connectivity index (χ1n) is 14.2. The average molecular weight is 599 g/mol. The minimum Gasteiger partial charge on any atom is -0.506 e. The molecule has 0 saturated heterocycles. The summed E-state index contributed by atoms with van der Waals surface area (Å²) in [4.78, 5) is 18.1. The van der Waals surface area contributed by atoms with Gasteiger partial charge in [-0.3, -0.25) is 0 Å². The van der Waals surface area contributed by atoms with E-state index in [2.05, 4.69) is 21.8 Å². The molecule has 43 heavy (non-hydrogen) atoms. The quantitative estimate of drug-likeness (QED) is 0.132. The van der Waals surface area contributed by atoms with Crippen LogP contribution in [0.3, 0.4) is 0 Å². The van der Waals surface area contributed by atoms with Crippen LogP contribution in [0.2, 0.25) is 0 Å². The van der Waals surface area contributed by atoms with Gasteiger partial charge >= 0.3 is 5.97 Å². The number of hydrogen-bond acceptors (Lipinski definition) is 8. The molecule has 5 rings (SSSR count). The number of esters is 1. The number of para-hydroxylation sites is 3. The van der Waals surface area contributed by atoms with Gasteiger partial charge in [0.1, 0.15) is 22.1 Å². The second-order valence-electron chi connectivity index (χ2n) is 9.55. The summed E-state index contributed by atoms with van der Waals surface area (Å²) in [5.41, 5.74) is 2.67. The highest BCUT2D eigenvalue weighted by Crippen LogP contribution is 2.41. The van der Waals surface area contributed by atoms with Gasteiger partial charge in [0, 0.05) is 29.2 Å². The minimum atomic E-state index is -0.613. The van der Waals surface area contributed by atoms with Crippen molar-refractivity contribution < 1.29 is 28.8 Å². The number of aromatic nitrogens is 1. The van der Waals surface area contributed by atoms with Crippen molar-refractivity contribution in [1.29, 1.82) is 0 Å². The van der Waals surface area contributed by atoms with Crippen molar-refractivity contribution >= 4 is 45.4 Å². The molecule has 0 fully saturated rings. The highest BCUT2D eigenvalue weighted by atomic mass is 32.2. The van der Waals surface area contributed by atoms with E-state index < -0.39 is 5.97 Å². The van der Waals surface area contributed by atoms with Crippen molar-refractivity contribution in [3.8, 4) is 17.2 Å². The Bertz CT molecular complexity index is 1690. The first-order valence-corrected chi connectivity index (χ1v) is 15.0. The first kappa shape index (κ1) is 29.8. The van der Waals surface area contributed by atoms with Gasteiger partial charge in [0.2, 0.25) is 0 Å². The molecule has 0 aliphatic carbocycles. The Balaban J connectivity index is 1.40. The number of nitrogens with zero attached hydrogens (tertiary/aromatic N) is 2. The van der Waals surface area contributed by atoms with Gasteiger partial charge in [0.25, 0.3) is 0 Å². The van der Waals surface area contributed by atoms with E-state index in [-0.39, 0.29) is 17.9 Å². The third-order valence-electron chi connectivity index (χ3n) is 6.72. The summed E-state index contributed by atoms with van der Waals surface area (Å²) in [7, 11) is 1.63. The molecule has 0 spiro atoms. The van der Waals surface area contributed by atoms with Crippen LogP contribution in [0.25, 0.3) is 17.0 Å². The number of aliphatic hydroxyl groups excluding tert-OH is 1. The number of thioether (sulfide) groups is 1. The fourth-order valence-electron chi connectivity index (χ4n) is 4.76. The van der Waals surface area contributed by atoms with Crippen molar-refractivity contribution in [3.05, 3.63) is 101 Å². The van der Waals surface area contributed by atoms with E-state index in [0.29, 0.717) is 40.3 Å². The summed E-state index contributed by atoms with van der Waals surface area (Å²) in [6, 6.07) is 23.0. The maximum Gasteiger partial charge on any atom is 0.344 e. The molecule has 0 bridgehead atoms. The Morgan fingerprint density at radius 3 is 2.44 bits per heavy atom. The maximum atomic E-state index is 12.9. The van der Waals surface area contributed by atoms with Gasteiger partial charge in [0.15, 0.2) is 11.5 Å². The monoisotopic (exact) mass is 598 g/mol. The Labute approximate surface area is 255 Å². The van der Waals surface area contributed by atoms with Crippen LogP contribution in [-0.2, 0) is 16.1 Å². The number of aliphatic hydroxyl groups is 1. The van der Waals surface area contributed by atoms with Crippen LogP contribution in [-0.4, -0.2) is 47.6 Å². The van der Waals surface area contributed by atoms with E-state index in [1.54, 1.807) is 14.0 Å². The van der Waals surface area contributed by atoms with E-state index in [0.717, 1.165) is 35.2 Å². The van der Waals surface area contributed by atoms with Gasteiger partial charge in [-0.2, -0.15) is 0 Å². The Kier molecular flexibility index (Phi) is 9.73. The molecule has 0 radical (unpaired) electrons. The number of methoxy groups -OCH3 is 1. The van der Waals surface area contributed by atoms with E-state index in [1.165, 1.54) is 11.8 Å². The zero-order valence-corrected chi connectivity index (χ0v) is 25.2. The summed E-state index contributed by atoms with van der Waals surface area (Å²) < 4.78 is 24.3. The number of fused-ring (bicyclic) bond motifs is 1. The summed E-state index contributed by atoms with van der Waals surface area (Å²) in [6.07, 6.45) is 4.73. The van der Waals surface area contributed by atoms with E-state index in [1.807, 2.05) is 79.7 Å². The molecule has 4 aromatic rings. The normalized spacial score (nSPS) is 15.0. The largest absolute Gasteiger partial charge is 0.506 e. The van der Waals surface area contributed by atoms with E-state index in [9.17, 15) is 9.90 Å². The maximum absolute atomic E-state index is 12.9. The van der Waals surface area contributed by atoms with Crippen LogP contribution < -0.4 is 14.2 Å². The lowest BCUT2D eigenvalue weighted by Gasteiger charge is -2.11. The molecule has 1 aliphatic rings. The molecule has 9 heteroatoms. The second kappa shape index (κ2) is 14.0. The molecule has 1 aromatic heterocycles. The van der Waals surface area contributed by atoms with E-state index >= 15 is 0 Å². The molecule has 8 nitrogen and oxygen atoms in total. The summed E-state index contributed by atoms with van der Waals surface area (Å²) in [6.45, 7) is 5.65. The van der Waals surface area contributed by atoms with Crippen LogP contribution in [0.4, 0.5) is 5.69 Å². The number of hydrogen-bond donors (Lipinski definition) is 1. The molecule has 1 N–H and O–H groups in total. The minimum absolute atomic E-state index is 0.0595. The second-order valence-corrected chi connectivity index (χ2v) is 10.6. The molecule has 0 atom stereocenters. The lowest BCUT2D eigenvalue weighted by Crippen LogP contribution is -2.12. The van der Waals surface area contributed by atoms with Gasteiger partial charge < -0.3 is 28.6 Å². The summed E-state index contributed by atoms with van der Waals surface area (Å²) in [5.74, 6) is 1.40. The fourth-order valence-corrected chi connectivity index (χ4v) is 5.79. The molecule has 222 valence electrons. The predicted octanol–water partition coefficient (Wildman–Crippen LogP) is 7.71. The van der Waals surface area contributed by atoms with Crippen LogP contribution in [0, 0.1) is 0 Å². The molecule has 1 aliphatic heterocycles. The topological polar surface area (TPSA) is 91.5 Å². The Hall–Kier alpha value is -4.63. The summed E-state index contributed by atoms with van der Waals surface area (Å²) in [5, 5.41) is 12.6. The number of aliphatic imine (C=N–C) groups is 1. The van der Waals surface area contributed by atoms with Crippen LogP contribution in [0.1, 0.15) is 25.8 Å². The molecule has 0 unspecified atom stereocenters.